The molecule has 49 heavy (non-hydrogen) atoms. The van der Waals surface area contributed by atoms with Crippen LogP contribution < -0.4 is 4.90 Å². The molecule has 0 aliphatic heterocycles. The van der Waals surface area contributed by atoms with Gasteiger partial charge in [-0.3, -0.25) is 0 Å². The zero-order chi connectivity index (χ0) is 32.3. The van der Waals surface area contributed by atoms with Crippen LogP contribution in [0.15, 0.2) is 180 Å². The average molecular weight is 644 g/mol. The van der Waals surface area contributed by atoms with Crippen LogP contribution in [0.2, 0.25) is 0 Å². The van der Waals surface area contributed by atoms with Gasteiger partial charge in [-0.25, -0.2) is 0 Å². The zero-order valence-electron chi connectivity index (χ0n) is 26.5. The molecule has 0 atom stereocenters. The van der Waals surface area contributed by atoms with Crippen molar-refractivity contribution in [3.63, 3.8) is 0 Å². The fraction of sp³-hybridized carbons (Fsp3) is 0. The predicted octanol–water partition coefficient (Wildman–Crippen LogP) is 13.9. The normalized spacial score (nSPS) is 11.7. The number of benzene rings is 8. The minimum atomic E-state index is 0.898. The molecule has 0 N–H and O–H groups in total. The number of hydrogen-bond donors (Lipinski definition) is 0. The van der Waals surface area contributed by atoms with Gasteiger partial charge in [-0.2, -0.15) is 0 Å². The highest BCUT2D eigenvalue weighted by molar-refractivity contribution is 7.26. The van der Waals surface area contributed by atoms with Crippen molar-refractivity contribution < 1.29 is 4.42 Å². The van der Waals surface area contributed by atoms with Gasteiger partial charge in [0.25, 0.3) is 0 Å². The molecule has 0 unspecified atom stereocenters. The van der Waals surface area contributed by atoms with Crippen LogP contribution in [0.25, 0.3) is 75.1 Å². The van der Waals surface area contributed by atoms with E-state index in [4.69, 9.17) is 4.42 Å². The summed E-state index contributed by atoms with van der Waals surface area (Å²) < 4.78 is 9.15. The smallest absolute Gasteiger partial charge is 0.143 e. The SMILES string of the molecule is c1ccc(-c2ccccc2N(c2cccc(-c3cccc4oc5c6ccccc6ccc5c34)c2)c2cccc3sc4ccccc4c23)cc1. The Labute approximate surface area is 287 Å². The topological polar surface area (TPSA) is 16.4 Å². The largest absolute Gasteiger partial charge is 0.455 e. The highest BCUT2D eigenvalue weighted by atomic mass is 32.1. The summed E-state index contributed by atoms with van der Waals surface area (Å²) in [5, 5.41) is 7.14. The quantitative estimate of drug-likeness (QED) is 0.186. The average Bonchev–Trinajstić information content (AvgIpc) is 3.75. The van der Waals surface area contributed by atoms with Crippen LogP contribution in [0.5, 0.6) is 0 Å². The van der Waals surface area contributed by atoms with Crippen molar-refractivity contribution in [3.8, 4) is 22.3 Å². The van der Waals surface area contributed by atoms with Crippen LogP contribution in [0, 0.1) is 0 Å². The first-order valence-electron chi connectivity index (χ1n) is 16.6. The summed E-state index contributed by atoms with van der Waals surface area (Å²) in [7, 11) is 0. The second-order valence-electron chi connectivity index (χ2n) is 12.5. The van der Waals surface area contributed by atoms with Gasteiger partial charge in [0, 0.05) is 47.6 Å². The summed E-state index contributed by atoms with van der Waals surface area (Å²) in [6.45, 7) is 0. The number of rotatable bonds is 5. The van der Waals surface area contributed by atoms with Gasteiger partial charge in [0.2, 0.25) is 0 Å². The van der Waals surface area contributed by atoms with E-state index in [-0.39, 0.29) is 0 Å². The highest BCUT2D eigenvalue weighted by Crippen LogP contribution is 2.48. The van der Waals surface area contributed by atoms with Gasteiger partial charge in [-0.05, 0) is 70.6 Å². The molecule has 0 radical (unpaired) electrons. The Bertz CT molecular complexity index is 2840. The molecule has 0 fully saturated rings. The maximum absolute atomic E-state index is 6.58. The van der Waals surface area contributed by atoms with E-state index in [1.807, 2.05) is 11.3 Å². The van der Waals surface area contributed by atoms with E-state index in [1.165, 1.54) is 36.7 Å². The van der Waals surface area contributed by atoms with Gasteiger partial charge >= 0.3 is 0 Å². The minimum absolute atomic E-state index is 0.898. The molecule has 2 nitrogen and oxygen atoms in total. The lowest BCUT2D eigenvalue weighted by Gasteiger charge is -2.29. The van der Waals surface area contributed by atoms with Crippen molar-refractivity contribution in [1.29, 1.82) is 0 Å². The van der Waals surface area contributed by atoms with Gasteiger partial charge in [-0.1, -0.05) is 127 Å². The molecule has 0 spiro atoms. The third-order valence-electron chi connectivity index (χ3n) is 9.65. The lowest BCUT2D eigenvalue weighted by Crippen LogP contribution is -2.11. The maximum Gasteiger partial charge on any atom is 0.143 e. The molecule has 0 saturated heterocycles. The standard InChI is InChI=1S/C46H29NOS/c1-2-13-30(14-3-1)34-18-6-8-22-39(34)47(40-23-12-26-43-45(40)37-20-7-9-25-42(37)49-43)33-17-10-16-32(29-33)35-21-11-24-41-44(35)38-28-27-31-15-4-5-19-36(31)46(38)48-41/h1-29H. The third kappa shape index (κ3) is 4.47. The van der Waals surface area contributed by atoms with Gasteiger partial charge < -0.3 is 9.32 Å². The van der Waals surface area contributed by atoms with Crippen LogP contribution in [0.4, 0.5) is 17.1 Å². The summed E-state index contributed by atoms with van der Waals surface area (Å²) in [5.41, 5.74) is 9.89. The number of para-hydroxylation sites is 1. The van der Waals surface area contributed by atoms with Crippen LogP contribution in [0.1, 0.15) is 0 Å². The zero-order valence-corrected chi connectivity index (χ0v) is 27.3. The second kappa shape index (κ2) is 11.2. The van der Waals surface area contributed by atoms with Crippen molar-refractivity contribution in [1.82, 2.24) is 0 Å². The Kier molecular flexibility index (Phi) is 6.39. The molecular weight excluding hydrogens is 615 g/mol. The van der Waals surface area contributed by atoms with E-state index in [9.17, 15) is 0 Å². The number of fused-ring (bicyclic) bond motifs is 8. The number of hydrogen-bond acceptors (Lipinski definition) is 3. The van der Waals surface area contributed by atoms with Crippen LogP contribution in [-0.2, 0) is 0 Å². The van der Waals surface area contributed by atoms with Crippen LogP contribution >= 0.6 is 11.3 Å². The third-order valence-corrected chi connectivity index (χ3v) is 10.8. The molecular formula is C46H29NOS. The first-order chi connectivity index (χ1) is 24.3. The van der Waals surface area contributed by atoms with Gasteiger partial charge in [0.1, 0.15) is 11.2 Å². The van der Waals surface area contributed by atoms with Crippen LogP contribution in [0.3, 0.4) is 0 Å². The summed E-state index contributed by atoms with van der Waals surface area (Å²) in [6, 6.07) is 63.2. The molecule has 2 heterocycles. The van der Waals surface area contributed by atoms with Crippen molar-refractivity contribution in [3.05, 3.63) is 176 Å². The first-order valence-corrected chi connectivity index (χ1v) is 17.4. The Morgan fingerprint density at radius 3 is 2.06 bits per heavy atom. The highest BCUT2D eigenvalue weighted by Gasteiger charge is 2.22. The lowest BCUT2D eigenvalue weighted by molar-refractivity contribution is 0.673. The minimum Gasteiger partial charge on any atom is -0.455 e. The monoisotopic (exact) mass is 643 g/mol. The van der Waals surface area contributed by atoms with E-state index < -0.39 is 0 Å². The Balaban J connectivity index is 1.24. The van der Waals surface area contributed by atoms with E-state index in [0.717, 1.165) is 55.5 Å². The predicted molar refractivity (Wildman–Crippen MR) is 210 cm³/mol. The summed E-state index contributed by atoms with van der Waals surface area (Å²) >= 11 is 1.85. The molecule has 2 aromatic heterocycles. The van der Waals surface area contributed by atoms with E-state index in [0.29, 0.717) is 0 Å². The van der Waals surface area contributed by atoms with Crippen molar-refractivity contribution in [2.24, 2.45) is 0 Å². The Morgan fingerprint density at radius 2 is 1.12 bits per heavy atom. The van der Waals surface area contributed by atoms with Gasteiger partial charge in [0.15, 0.2) is 0 Å². The molecule has 0 aliphatic rings. The fourth-order valence-electron chi connectivity index (χ4n) is 7.49. The first kappa shape index (κ1) is 27.9. The number of anilines is 3. The lowest BCUT2D eigenvalue weighted by atomic mass is 9.97. The van der Waals surface area contributed by atoms with Crippen molar-refractivity contribution in [2.45, 2.75) is 0 Å². The van der Waals surface area contributed by atoms with E-state index in [1.54, 1.807) is 0 Å². The molecule has 3 heteroatoms. The molecule has 10 rings (SSSR count). The van der Waals surface area contributed by atoms with E-state index >= 15 is 0 Å². The summed E-state index contributed by atoms with van der Waals surface area (Å²) in [4.78, 5) is 2.45. The number of nitrogens with zero attached hydrogens (tertiary/aromatic N) is 1. The Hall–Kier alpha value is -6.16. The summed E-state index contributed by atoms with van der Waals surface area (Å²) in [5.74, 6) is 0. The molecule has 0 aliphatic carbocycles. The van der Waals surface area contributed by atoms with Crippen molar-refractivity contribution >= 4 is 81.3 Å². The second-order valence-corrected chi connectivity index (χ2v) is 13.5. The van der Waals surface area contributed by atoms with Gasteiger partial charge in [0.05, 0.1) is 11.4 Å². The molecule has 0 saturated carbocycles. The maximum atomic E-state index is 6.58. The molecule has 0 bridgehead atoms. The number of thiophene rings is 1. The molecule has 8 aromatic carbocycles. The molecule has 230 valence electrons. The fourth-order valence-corrected chi connectivity index (χ4v) is 8.61. The van der Waals surface area contributed by atoms with E-state index in [2.05, 4.69) is 181 Å². The van der Waals surface area contributed by atoms with Gasteiger partial charge in [-0.15, -0.1) is 11.3 Å². The summed E-state index contributed by atoms with van der Waals surface area (Å²) in [6.07, 6.45) is 0. The van der Waals surface area contributed by atoms with Crippen molar-refractivity contribution in [2.75, 3.05) is 4.90 Å². The number of furan rings is 1. The molecule has 0 amide bonds. The Morgan fingerprint density at radius 1 is 0.429 bits per heavy atom. The molecule has 10 aromatic rings. The van der Waals surface area contributed by atoms with Crippen LogP contribution in [-0.4, -0.2) is 0 Å².